The molecule has 130 valence electrons. The molecule has 1 N–H and O–H groups in total. The third-order valence-corrected chi connectivity index (χ3v) is 2.52. The molecule has 23 heavy (non-hydrogen) atoms. The number of anilines is 1. The largest absolute Gasteiger partial charge is 0.460 e. The van der Waals surface area contributed by atoms with Crippen LogP contribution in [0.25, 0.3) is 0 Å². The van der Waals surface area contributed by atoms with Crippen molar-refractivity contribution in [2.45, 2.75) is 24.2 Å². The number of hydrogen-bond acceptors (Lipinski definition) is 1. The Kier molecular flexibility index (Phi) is 4.61. The lowest BCUT2D eigenvalue weighted by atomic mass is 10.1. The number of para-hydroxylation sites is 1. The average molecular weight is 357 g/mol. The first-order chi connectivity index (χ1) is 10.1. The Morgan fingerprint density at radius 2 is 1.30 bits per heavy atom. The first-order valence-electron chi connectivity index (χ1n) is 5.42. The Hall–Kier alpha value is -2.01. The van der Waals surface area contributed by atoms with E-state index in [2.05, 4.69) is 0 Å². The summed E-state index contributed by atoms with van der Waals surface area (Å²) in [5.41, 5.74) is -3.08. The van der Waals surface area contributed by atoms with Gasteiger partial charge in [-0.2, -0.15) is 43.9 Å². The number of hydrogen-bond donors (Lipinski definition) is 1. The molecule has 1 rings (SSSR count). The van der Waals surface area contributed by atoms with Crippen molar-refractivity contribution in [3.63, 3.8) is 0 Å². The smallest absolute Gasteiger partial charge is 0.320 e. The van der Waals surface area contributed by atoms with Crippen molar-refractivity contribution in [1.82, 2.24) is 0 Å². The summed E-state index contributed by atoms with van der Waals surface area (Å²) < 4.78 is 125. The number of halogens is 10. The molecule has 0 atom stereocenters. The minimum atomic E-state index is -6.78. The maximum absolute atomic E-state index is 13.0. The van der Waals surface area contributed by atoms with Crippen LogP contribution in [0.4, 0.5) is 49.6 Å². The fourth-order valence-electron chi connectivity index (χ4n) is 1.36. The van der Waals surface area contributed by atoms with Crippen molar-refractivity contribution in [3.05, 3.63) is 29.8 Å². The molecule has 0 radical (unpaired) electrons. The quantitative estimate of drug-likeness (QED) is 0.795. The topological polar surface area (TPSA) is 29.1 Å². The fraction of sp³-hybridized carbons (Fsp3) is 0.364. The van der Waals surface area contributed by atoms with Crippen LogP contribution in [0, 0.1) is 0 Å². The summed E-state index contributed by atoms with van der Waals surface area (Å²) in [7, 11) is 0. The van der Waals surface area contributed by atoms with Crippen LogP contribution >= 0.6 is 0 Å². The summed E-state index contributed by atoms with van der Waals surface area (Å²) in [4.78, 5) is 11.0. The predicted molar refractivity (Wildman–Crippen MR) is 56.0 cm³/mol. The Morgan fingerprint density at radius 1 is 0.826 bits per heavy atom. The molecule has 0 fully saturated rings. The van der Waals surface area contributed by atoms with Gasteiger partial charge in [0.05, 0.1) is 11.3 Å². The molecule has 1 aromatic carbocycles. The van der Waals surface area contributed by atoms with Gasteiger partial charge in [-0.05, 0) is 12.1 Å². The second-order valence-corrected chi connectivity index (χ2v) is 4.14. The van der Waals surface area contributed by atoms with Gasteiger partial charge in [-0.25, -0.2) is 0 Å². The minimum Gasteiger partial charge on any atom is -0.320 e. The van der Waals surface area contributed by atoms with Gasteiger partial charge in [-0.1, -0.05) is 12.1 Å². The number of nitrogens with one attached hydrogen (secondary N) is 1. The average Bonchev–Trinajstić information content (AvgIpc) is 2.36. The standard InChI is InChI=1S/C11H5F10NO/c12-8(13,10(17,18)11(19,20)21)7(23)22-6-4-2-1-3-5(6)9(14,15)16/h1-4H,(H,22,23). The molecular weight excluding hydrogens is 352 g/mol. The summed E-state index contributed by atoms with van der Waals surface area (Å²) in [5.74, 6) is -16.3. The lowest BCUT2D eigenvalue weighted by Crippen LogP contribution is -2.57. The number of amides is 1. The maximum Gasteiger partial charge on any atom is 0.460 e. The van der Waals surface area contributed by atoms with Crippen molar-refractivity contribution >= 4 is 11.6 Å². The van der Waals surface area contributed by atoms with Gasteiger partial charge in [0.25, 0.3) is 0 Å². The summed E-state index contributed by atoms with van der Waals surface area (Å²) in [6.07, 6.45) is -11.9. The van der Waals surface area contributed by atoms with Gasteiger partial charge in [-0.3, -0.25) is 4.79 Å². The van der Waals surface area contributed by atoms with E-state index >= 15 is 0 Å². The third-order valence-electron chi connectivity index (χ3n) is 2.52. The molecule has 12 heteroatoms. The highest BCUT2D eigenvalue weighted by atomic mass is 19.4. The Morgan fingerprint density at radius 3 is 1.74 bits per heavy atom. The van der Waals surface area contributed by atoms with Crippen LogP contribution in [-0.2, 0) is 11.0 Å². The summed E-state index contributed by atoms with van der Waals surface area (Å²) in [6, 6.07) is 2.35. The highest BCUT2D eigenvalue weighted by Gasteiger charge is 2.76. The van der Waals surface area contributed by atoms with Crippen LogP contribution in [0.15, 0.2) is 24.3 Å². The zero-order valence-electron chi connectivity index (χ0n) is 10.5. The van der Waals surface area contributed by atoms with Crippen LogP contribution < -0.4 is 5.32 Å². The van der Waals surface area contributed by atoms with Crippen LogP contribution in [-0.4, -0.2) is 23.9 Å². The summed E-state index contributed by atoms with van der Waals surface area (Å²) in [5, 5.41) is 0.747. The summed E-state index contributed by atoms with van der Waals surface area (Å²) in [6.45, 7) is 0. The molecule has 1 aromatic rings. The van der Waals surface area contributed by atoms with Gasteiger partial charge in [0.1, 0.15) is 0 Å². The summed E-state index contributed by atoms with van der Waals surface area (Å²) >= 11 is 0. The van der Waals surface area contributed by atoms with Crippen molar-refractivity contribution in [2.24, 2.45) is 0 Å². The van der Waals surface area contributed by atoms with E-state index in [1.165, 1.54) is 0 Å². The van der Waals surface area contributed by atoms with Crippen LogP contribution in [0.5, 0.6) is 0 Å². The molecular formula is C11H5F10NO. The van der Waals surface area contributed by atoms with Crippen molar-refractivity contribution < 1.29 is 48.7 Å². The highest BCUT2D eigenvalue weighted by Crippen LogP contribution is 2.47. The second kappa shape index (κ2) is 5.57. The van der Waals surface area contributed by atoms with Crippen LogP contribution in [0.2, 0.25) is 0 Å². The zero-order valence-corrected chi connectivity index (χ0v) is 10.5. The fourth-order valence-corrected chi connectivity index (χ4v) is 1.36. The van der Waals surface area contributed by atoms with Gasteiger partial charge in [0.15, 0.2) is 0 Å². The molecule has 0 bridgehead atoms. The maximum atomic E-state index is 13.0. The lowest BCUT2D eigenvalue weighted by molar-refractivity contribution is -0.343. The monoisotopic (exact) mass is 357 g/mol. The minimum absolute atomic E-state index is 0.315. The van der Waals surface area contributed by atoms with Crippen molar-refractivity contribution in [2.75, 3.05) is 5.32 Å². The van der Waals surface area contributed by atoms with Gasteiger partial charge in [0.2, 0.25) is 0 Å². The van der Waals surface area contributed by atoms with E-state index < -0.39 is 41.4 Å². The van der Waals surface area contributed by atoms with Crippen LogP contribution in [0.1, 0.15) is 5.56 Å². The zero-order chi connectivity index (χ0) is 18.3. The van der Waals surface area contributed by atoms with E-state index in [0.717, 1.165) is 17.4 Å². The first-order valence-corrected chi connectivity index (χ1v) is 5.42. The molecule has 0 spiro atoms. The molecule has 1 amide bonds. The lowest BCUT2D eigenvalue weighted by Gasteiger charge is -2.27. The van der Waals surface area contributed by atoms with E-state index in [0.29, 0.717) is 12.1 Å². The second-order valence-electron chi connectivity index (χ2n) is 4.14. The number of rotatable bonds is 3. The molecule has 0 aliphatic carbocycles. The van der Waals surface area contributed by atoms with E-state index in [1.54, 1.807) is 0 Å². The van der Waals surface area contributed by atoms with Gasteiger partial charge in [0, 0.05) is 0 Å². The van der Waals surface area contributed by atoms with E-state index in [9.17, 15) is 48.7 Å². The molecule has 0 aliphatic heterocycles. The Balaban J connectivity index is 3.19. The van der Waals surface area contributed by atoms with Crippen molar-refractivity contribution in [3.8, 4) is 0 Å². The number of carbonyl (C=O) groups is 1. The molecule has 0 saturated carbocycles. The predicted octanol–water partition coefficient (Wildman–Crippen LogP) is 4.48. The molecule has 0 saturated heterocycles. The molecule has 0 aromatic heterocycles. The SMILES string of the molecule is O=C(Nc1ccccc1C(F)(F)F)C(F)(F)C(F)(F)C(F)(F)F. The van der Waals surface area contributed by atoms with Gasteiger partial charge in [-0.15, -0.1) is 0 Å². The molecule has 0 heterocycles. The number of carbonyl (C=O) groups excluding carboxylic acids is 1. The van der Waals surface area contributed by atoms with Crippen molar-refractivity contribution in [1.29, 1.82) is 0 Å². The van der Waals surface area contributed by atoms with Crippen LogP contribution in [0.3, 0.4) is 0 Å². The highest BCUT2D eigenvalue weighted by molar-refractivity contribution is 5.97. The first kappa shape index (κ1) is 19.0. The molecule has 0 unspecified atom stereocenters. The Bertz CT molecular complexity index is 589. The Labute approximate surface area is 121 Å². The normalized spacial score (nSPS) is 13.8. The van der Waals surface area contributed by atoms with E-state index in [-0.39, 0.29) is 0 Å². The van der Waals surface area contributed by atoms with E-state index in [4.69, 9.17) is 0 Å². The number of benzene rings is 1. The molecule has 0 aliphatic rings. The van der Waals surface area contributed by atoms with Gasteiger partial charge >= 0.3 is 30.1 Å². The number of alkyl halides is 10. The molecule has 2 nitrogen and oxygen atoms in total. The van der Waals surface area contributed by atoms with E-state index in [1.807, 2.05) is 0 Å². The third kappa shape index (κ3) is 3.50. The van der Waals surface area contributed by atoms with Gasteiger partial charge < -0.3 is 5.32 Å².